The van der Waals surface area contributed by atoms with Gasteiger partial charge in [0.1, 0.15) is 0 Å². The molecule has 0 bridgehead atoms. The van der Waals surface area contributed by atoms with Gasteiger partial charge in [0, 0.05) is 39.3 Å². The van der Waals surface area contributed by atoms with Crippen molar-refractivity contribution >= 4 is 20.2 Å². The second-order valence-electron chi connectivity index (χ2n) is 9.40. The highest BCUT2D eigenvalue weighted by molar-refractivity contribution is 7.88. The number of piperidine rings is 1. The maximum Gasteiger partial charge on any atom is 0.276 e. The van der Waals surface area contributed by atoms with Gasteiger partial charge in [-0.25, -0.2) is 17.9 Å². The fraction of sp³-hybridized carbons (Fsp3) is 0.727. The Balaban J connectivity index is 1.65. The molecule has 1 unspecified atom stereocenters. The highest BCUT2D eigenvalue weighted by Crippen LogP contribution is 2.28. The molecule has 0 saturated carbocycles. The maximum absolute atomic E-state index is 11.8. The second kappa shape index (κ2) is 10.5. The predicted octanol–water partition coefficient (Wildman–Crippen LogP) is 1.56. The Morgan fingerprint density at radius 2 is 1.78 bits per heavy atom. The molecule has 1 aliphatic heterocycles. The first-order valence-corrected chi connectivity index (χ1v) is 14.9. The highest BCUT2D eigenvalue weighted by Gasteiger charge is 2.29. The van der Waals surface area contributed by atoms with Crippen LogP contribution in [0, 0.1) is 5.92 Å². The van der Waals surface area contributed by atoms with E-state index in [0.29, 0.717) is 25.0 Å². The van der Waals surface area contributed by atoms with Gasteiger partial charge in [-0.2, -0.15) is 12.7 Å². The smallest absolute Gasteiger partial charge is 0.276 e. The number of rotatable bonds is 9. The molecule has 1 saturated heterocycles. The van der Waals surface area contributed by atoms with Gasteiger partial charge in [-0.15, -0.1) is 0 Å². The summed E-state index contributed by atoms with van der Waals surface area (Å²) in [6.45, 7) is 5.78. The Bertz CT molecular complexity index is 989. The van der Waals surface area contributed by atoms with Gasteiger partial charge in [0.15, 0.2) is 0 Å². The monoisotopic (exact) mass is 486 g/mol. The van der Waals surface area contributed by atoms with Crippen LogP contribution in [0.3, 0.4) is 0 Å². The molecule has 8 nitrogen and oxygen atoms in total. The van der Waals surface area contributed by atoms with Gasteiger partial charge in [-0.05, 0) is 67.7 Å². The lowest BCUT2D eigenvalue weighted by Crippen LogP contribution is -2.45. The Labute approximate surface area is 194 Å². The maximum atomic E-state index is 11.8. The predicted molar refractivity (Wildman–Crippen MR) is 128 cm³/mol. The van der Waals surface area contributed by atoms with Crippen molar-refractivity contribution in [3.05, 3.63) is 34.9 Å². The highest BCUT2D eigenvalue weighted by atomic mass is 32.2. The largest absolute Gasteiger partial charge is 0.300 e. The molecule has 0 amide bonds. The molecule has 1 heterocycles. The van der Waals surface area contributed by atoms with Gasteiger partial charge in [-0.1, -0.05) is 25.1 Å². The number of sulfonamides is 1. The lowest BCUT2D eigenvalue weighted by atomic mass is 9.85. The summed E-state index contributed by atoms with van der Waals surface area (Å²) in [4.78, 5) is 2.60. The van der Waals surface area contributed by atoms with Crippen LogP contribution in [0.5, 0.6) is 0 Å². The second-order valence-corrected chi connectivity index (χ2v) is 13.0. The molecule has 10 heteroatoms. The summed E-state index contributed by atoms with van der Waals surface area (Å²) in [5.41, 5.74) is 3.60. The summed E-state index contributed by atoms with van der Waals surface area (Å²) >= 11 is 0. The van der Waals surface area contributed by atoms with E-state index in [2.05, 4.69) is 24.0 Å². The standard InChI is InChI=1S/C22H38N4O4S2/c1-4-11-25(17-18-9-12-26(13-10-18)31(3,27)28)22-8-7-20-6-5-19(14-21(20)15-22)16-24(2)32(23,29)30/h5-6,14,18,22H,4,7-13,15-17H2,1-3H3,(H2,23,29,30). The molecule has 1 fully saturated rings. The van der Waals surface area contributed by atoms with Crippen LogP contribution in [-0.4, -0.2) is 75.9 Å². The topological polar surface area (TPSA) is 104 Å². The first-order valence-electron chi connectivity index (χ1n) is 11.5. The Kier molecular flexibility index (Phi) is 8.38. The van der Waals surface area contributed by atoms with E-state index in [-0.39, 0.29) is 6.54 Å². The Hall–Kier alpha value is -1.04. The fourth-order valence-electron chi connectivity index (χ4n) is 5.01. The van der Waals surface area contributed by atoms with Crippen molar-refractivity contribution in [3.8, 4) is 0 Å². The number of hydrogen-bond donors (Lipinski definition) is 1. The Morgan fingerprint density at radius 1 is 1.09 bits per heavy atom. The minimum absolute atomic E-state index is 0.272. The molecule has 0 spiro atoms. The number of nitrogens with zero attached hydrogens (tertiary/aromatic N) is 3. The van der Waals surface area contributed by atoms with Crippen molar-refractivity contribution in [2.75, 3.05) is 39.5 Å². The number of fused-ring (bicyclic) bond motifs is 1. The summed E-state index contributed by atoms with van der Waals surface area (Å²) in [6, 6.07) is 6.72. The molecule has 32 heavy (non-hydrogen) atoms. The molecule has 2 N–H and O–H groups in total. The first kappa shape index (κ1) is 25.6. The van der Waals surface area contributed by atoms with E-state index in [1.807, 2.05) is 6.07 Å². The molecular formula is C22H38N4O4S2. The van der Waals surface area contributed by atoms with Crippen molar-refractivity contribution in [2.45, 2.75) is 58.0 Å². The number of hydrogen-bond acceptors (Lipinski definition) is 5. The zero-order chi connectivity index (χ0) is 23.5. The summed E-state index contributed by atoms with van der Waals surface area (Å²) < 4.78 is 49.5. The van der Waals surface area contributed by atoms with Crippen LogP contribution in [-0.2, 0) is 39.6 Å². The van der Waals surface area contributed by atoms with Crippen molar-refractivity contribution in [3.63, 3.8) is 0 Å². The van der Waals surface area contributed by atoms with Gasteiger partial charge in [0.05, 0.1) is 6.26 Å². The van der Waals surface area contributed by atoms with E-state index in [9.17, 15) is 16.8 Å². The molecule has 0 radical (unpaired) electrons. The molecule has 3 rings (SSSR count). The van der Waals surface area contributed by atoms with Crippen molar-refractivity contribution in [1.82, 2.24) is 13.5 Å². The summed E-state index contributed by atoms with van der Waals surface area (Å²) in [7, 11) is -5.30. The van der Waals surface area contributed by atoms with E-state index in [1.165, 1.54) is 28.7 Å². The van der Waals surface area contributed by atoms with Gasteiger partial charge < -0.3 is 0 Å². The molecule has 1 aromatic carbocycles. The van der Waals surface area contributed by atoms with Gasteiger partial charge in [-0.3, -0.25) is 4.90 Å². The zero-order valence-electron chi connectivity index (χ0n) is 19.5. The van der Waals surface area contributed by atoms with Crippen LogP contribution in [0.15, 0.2) is 18.2 Å². The average Bonchev–Trinajstić information content (AvgIpc) is 2.72. The minimum atomic E-state index is -3.70. The summed E-state index contributed by atoms with van der Waals surface area (Å²) in [6.07, 6.45) is 7.32. The van der Waals surface area contributed by atoms with E-state index in [4.69, 9.17) is 5.14 Å². The van der Waals surface area contributed by atoms with Crippen LogP contribution in [0.2, 0.25) is 0 Å². The molecular weight excluding hydrogens is 448 g/mol. The van der Waals surface area contributed by atoms with Crippen molar-refractivity contribution in [2.24, 2.45) is 11.1 Å². The van der Waals surface area contributed by atoms with Gasteiger partial charge in [0.25, 0.3) is 10.2 Å². The van der Waals surface area contributed by atoms with Crippen molar-refractivity contribution < 1.29 is 16.8 Å². The lowest BCUT2D eigenvalue weighted by molar-refractivity contribution is 0.129. The Morgan fingerprint density at radius 3 is 2.38 bits per heavy atom. The van der Waals surface area contributed by atoms with Gasteiger partial charge in [0.2, 0.25) is 10.0 Å². The quantitative estimate of drug-likeness (QED) is 0.570. The molecule has 1 aromatic rings. The van der Waals surface area contributed by atoms with Crippen LogP contribution in [0.1, 0.15) is 49.3 Å². The molecule has 2 aliphatic rings. The lowest BCUT2D eigenvalue weighted by Gasteiger charge is -2.39. The normalized spacial score (nSPS) is 21.2. The van der Waals surface area contributed by atoms with Crippen molar-refractivity contribution in [1.29, 1.82) is 0 Å². The number of nitrogens with two attached hydrogens (primary N) is 1. The van der Waals surface area contributed by atoms with E-state index in [0.717, 1.165) is 57.2 Å². The third-order valence-electron chi connectivity index (χ3n) is 6.88. The first-order chi connectivity index (χ1) is 15.0. The molecule has 1 aliphatic carbocycles. The van der Waals surface area contributed by atoms with Crippen LogP contribution < -0.4 is 5.14 Å². The average molecular weight is 487 g/mol. The fourth-order valence-corrected chi connectivity index (χ4v) is 6.22. The van der Waals surface area contributed by atoms with Crippen LogP contribution >= 0.6 is 0 Å². The minimum Gasteiger partial charge on any atom is -0.300 e. The number of aryl methyl sites for hydroxylation is 1. The molecule has 0 aromatic heterocycles. The third kappa shape index (κ3) is 6.74. The molecule has 1 atom stereocenters. The third-order valence-corrected chi connectivity index (χ3v) is 9.18. The number of benzene rings is 1. The zero-order valence-corrected chi connectivity index (χ0v) is 21.2. The summed E-state index contributed by atoms with van der Waals surface area (Å²) in [5, 5.41) is 5.24. The van der Waals surface area contributed by atoms with Gasteiger partial charge >= 0.3 is 0 Å². The van der Waals surface area contributed by atoms with Crippen LogP contribution in [0.4, 0.5) is 0 Å². The molecule has 182 valence electrons. The van der Waals surface area contributed by atoms with E-state index in [1.54, 1.807) is 4.31 Å². The summed E-state index contributed by atoms with van der Waals surface area (Å²) in [5.74, 6) is 0.524. The van der Waals surface area contributed by atoms with E-state index >= 15 is 0 Å². The van der Waals surface area contributed by atoms with Crippen LogP contribution in [0.25, 0.3) is 0 Å². The SMILES string of the molecule is CCCN(CC1CCN(S(C)(=O)=O)CC1)C1CCc2ccc(CN(C)S(N)(=O)=O)cc2C1. The van der Waals surface area contributed by atoms with E-state index < -0.39 is 20.2 Å².